The lowest BCUT2D eigenvalue weighted by Crippen LogP contribution is -2.24. The second-order valence-electron chi connectivity index (χ2n) is 9.36. The van der Waals surface area contributed by atoms with Gasteiger partial charge in [0.2, 0.25) is 0 Å². The van der Waals surface area contributed by atoms with Crippen molar-refractivity contribution in [3.05, 3.63) is 65.0 Å². The second kappa shape index (κ2) is 12.2. The maximum absolute atomic E-state index is 14.6. The normalized spacial score (nSPS) is 19.1. The number of hydrogen-bond donors (Lipinski definition) is 0. The SMILES string of the molecule is CCCCCC1CCC(c2ccc(COC(F)(F)Cc3ccc(OC(F)(F)F)cc3)c(F)c2)CC1. The molecule has 0 unspecified atom stereocenters. The predicted octanol–water partition coefficient (Wildman–Crippen LogP) is 8.93. The summed E-state index contributed by atoms with van der Waals surface area (Å²) in [4.78, 5) is 0. The highest BCUT2D eigenvalue weighted by molar-refractivity contribution is 5.29. The van der Waals surface area contributed by atoms with Crippen LogP contribution in [0.3, 0.4) is 0 Å². The van der Waals surface area contributed by atoms with Gasteiger partial charge in [0.25, 0.3) is 0 Å². The molecule has 0 bridgehead atoms. The minimum absolute atomic E-state index is 0.0376. The summed E-state index contributed by atoms with van der Waals surface area (Å²) in [5, 5.41) is 0. The zero-order chi connectivity index (χ0) is 25.5. The molecule has 0 aliphatic heterocycles. The Hall–Kier alpha value is -2.22. The predicted molar refractivity (Wildman–Crippen MR) is 122 cm³/mol. The van der Waals surface area contributed by atoms with Gasteiger partial charge in [-0.15, -0.1) is 13.2 Å². The Morgan fingerprint density at radius 2 is 1.57 bits per heavy atom. The highest BCUT2D eigenvalue weighted by Crippen LogP contribution is 2.38. The average Bonchev–Trinajstić information content (AvgIpc) is 2.79. The Morgan fingerprint density at radius 1 is 0.886 bits per heavy atom. The van der Waals surface area contributed by atoms with Crippen LogP contribution in [-0.2, 0) is 17.8 Å². The van der Waals surface area contributed by atoms with E-state index in [1.165, 1.54) is 37.8 Å². The first-order valence-corrected chi connectivity index (χ1v) is 12.2. The molecule has 1 saturated carbocycles. The minimum Gasteiger partial charge on any atom is -0.406 e. The van der Waals surface area contributed by atoms with Crippen LogP contribution in [-0.4, -0.2) is 12.5 Å². The van der Waals surface area contributed by atoms with Crippen molar-refractivity contribution in [1.29, 1.82) is 0 Å². The lowest BCUT2D eigenvalue weighted by molar-refractivity contribution is -0.274. The summed E-state index contributed by atoms with van der Waals surface area (Å²) < 4.78 is 88.2. The third-order valence-electron chi connectivity index (χ3n) is 6.62. The van der Waals surface area contributed by atoms with Crippen molar-refractivity contribution in [3.63, 3.8) is 0 Å². The van der Waals surface area contributed by atoms with Crippen molar-refractivity contribution in [2.45, 2.75) is 89.7 Å². The van der Waals surface area contributed by atoms with Gasteiger partial charge in [-0.1, -0.05) is 56.9 Å². The molecule has 194 valence electrons. The number of unbranched alkanes of at least 4 members (excludes halogenated alkanes) is 2. The van der Waals surface area contributed by atoms with Crippen LogP contribution in [0.25, 0.3) is 0 Å². The van der Waals surface area contributed by atoms with Crippen molar-refractivity contribution in [1.82, 2.24) is 0 Å². The first-order chi connectivity index (χ1) is 16.5. The van der Waals surface area contributed by atoms with Crippen LogP contribution in [0, 0.1) is 11.7 Å². The lowest BCUT2D eigenvalue weighted by atomic mass is 9.77. The number of halogens is 6. The monoisotopic (exact) mass is 502 g/mol. The number of benzene rings is 2. The molecule has 0 amide bonds. The summed E-state index contributed by atoms with van der Waals surface area (Å²) in [7, 11) is 0. The largest absolute Gasteiger partial charge is 0.573 e. The molecule has 2 aromatic carbocycles. The molecule has 8 heteroatoms. The molecule has 0 saturated heterocycles. The molecule has 0 radical (unpaired) electrons. The average molecular weight is 503 g/mol. The molecule has 3 rings (SSSR count). The van der Waals surface area contributed by atoms with E-state index in [-0.39, 0.29) is 17.0 Å². The molecule has 0 N–H and O–H groups in total. The smallest absolute Gasteiger partial charge is 0.406 e. The first kappa shape index (κ1) is 27.4. The minimum atomic E-state index is -4.86. The van der Waals surface area contributed by atoms with Gasteiger partial charge in [0, 0.05) is 5.56 Å². The Morgan fingerprint density at radius 3 is 2.17 bits per heavy atom. The fourth-order valence-corrected chi connectivity index (χ4v) is 4.68. The standard InChI is InChI=1S/C27H32F6O2/c1-2-3-4-5-19-6-10-21(11-7-19)22-12-13-23(25(28)16-22)18-34-26(29,30)17-20-8-14-24(15-9-20)35-27(31,32)33/h8-9,12-16,19,21H,2-7,10-11,17-18H2,1H3. The van der Waals surface area contributed by atoms with E-state index < -0.39 is 37.1 Å². The van der Waals surface area contributed by atoms with Gasteiger partial charge in [-0.25, -0.2) is 4.39 Å². The van der Waals surface area contributed by atoms with E-state index in [4.69, 9.17) is 0 Å². The van der Waals surface area contributed by atoms with Gasteiger partial charge in [0.15, 0.2) is 0 Å². The molecule has 0 aromatic heterocycles. The summed E-state index contributed by atoms with van der Waals surface area (Å²) in [6.07, 6.45) is -0.0550. The molecule has 1 aliphatic rings. The zero-order valence-electron chi connectivity index (χ0n) is 19.9. The molecule has 2 nitrogen and oxygen atoms in total. The zero-order valence-corrected chi connectivity index (χ0v) is 19.9. The Labute approximate surface area is 202 Å². The Kier molecular flexibility index (Phi) is 9.50. The van der Waals surface area contributed by atoms with Crippen molar-refractivity contribution in [3.8, 4) is 5.75 Å². The summed E-state index contributed by atoms with van der Waals surface area (Å²) in [5.41, 5.74) is 0.993. The number of ether oxygens (including phenoxy) is 2. The van der Waals surface area contributed by atoms with E-state index in [2.05, 4.69) is 16.4 Å². The van der Waals surface area contributed by atoms with E-state index in [9.17, 15) is 26.3 Å². The second-order valence-corrected chi connectivity index (χ2v) is 9.36. The van der Waals surface area contributed by atoms with Gasteiger partial charge >= 0.3 is 12.5 Å². The third-order valence-corrected chi connectivity index (χ3v) is 6.62. The number of rotatable bonds is 11. The van der Waals surface area contributed by atoms with Crippen LogP contribution in [0.1, 0.15) is 80.9 Å². The fraction of sp³-hybridized carbons (Fsp3) is 0.556. The summed E-state index contributed by atoms with van der Waals surface area (Å²) in [6.45, 7) is 1.58. The first-order valence-electron chi connectivity index (χ1n) is 12.2. The third kappa shape index (κ3) is 9.06. The lowest BCUT2D eigenvalue weighted by Gasteiger charge is -2.29. The maximum atomic E-state index is 14.6. The molecular weight excluding hydrogens is 470 g/mol. The molecule has 1 fully saturated rings. The van der Waals surface area contributed by atoms with E-state index >= 15 is 0 Å². The van der Waals surface area contributed by atoms with E-state index in [0.29, 0.717) is 0 Å². The summed E-state index contributed by atoms with van der Waals surface area (Å²) in [6, 6.07) is 8.83. The van der Waals surface area contributed by atoms with E-state index in [0.717, 1.165) is 61.4 Å². The van der Waals surface area contributed by atoms with Gasteiger partial charge in [-0.3, -0.25) is 0 Å². The highest BCUT2D eigenvalue weighted by Gasteiger charge is 2.33. The maximum Gasteiger partial charge on any atom is 0.573 e. The summed E-state index contributed by atoms with van der Waals surface area (Å²) in [5.74, 6) is -0.0480. The molecule has 1 aliphatic carbocycles. The molecule has 0 spiro atoms. The van der Waals surface area contributed by atoms with Gasteiger partial charge < -0.3 is 9.47 Å². The molecule has 35 heavy (non-hydrogen) atoms. The molecule has 2 aromatic rings. The van der Waals surface area contributed by atoms with E-state index in [1.807, 2.05) is 0 Å². The van der Waals surface area contributed by atoms with Crippen LogP contribution in [0.15, 0.2) is 42.5 Å². The Balaban J connectivity index is 1.49. The topological polar surface area (TPSA) is 18.5 Å². The Bertz CT molecular complexity index is 918. The van der Waals surface area contributed by atoms with Gasteiger partial charge in [-0.05, 0) is 66.8 Å². The van der Waals surface area contributed by atoms with E-state index in [1.54, 1.807) is 6.07 Å². The highest BCUT2D eigenvalue weighted by atomic mass is 19.4. The van der Waals surface area contributed by atoms with Gasteiger partial charge in [-0.2, -0.15) is 8.78 Å². The molecule has 0 heterocycles. The quantitative estimate of drug-likeness (QED) is 0.226. The fourth-order valence-electron chi connectivity index (χ4n) is 4.68. The molecule has 0 atom stereocenters. The van der Waals surface area contributed by atoms with Crippen LogP contribution >= 0.6 is 0 Å². The van der Waals surface area contributed by atoms with Crippen LogP contribution < -0.4 is 4.74 Å². The van der Waals surface area contributed by atoms with Crippen LogP contribution in [0.5, 0.6) is 5.75 Å². The van der Waals surface area contributed by atoms with Crippen molar-refractivity contribution in [2.24, 2.45) is 5.92 Å². The summed E-state index contributed by atoms with van der Waals surface area (Å²) >= 11 is 0. The van der Waals surface area contributed by atoms with Crippen LogP contribution in [0.4, 0.5) is 26.3 Å². The van der Waals surface area contributed by atoms with Gasteiger partial charge in [0.1, 0.15) is 11.6 Å². The van der Waals surface area contributed by atoms with Crippen molar-refractivity contribution < 1.29 is 35.8 Å². The van der Waals surface area contributed by atoms with Crippen molar-refractivity contribution >= 4 is 0 Å². The van der Waals surface area contributed by atoms with Crippen LogP contribution in [0.2, 0.25) is 0 Å². The van der Waals surface area contributed by atoms with Crippen molar-refractivity contribution in [2.75, 3.05) is 0 Å². The molecular formula is C27H32F6O2. The number of hydrogen-bond acceptors (Lipinski definition) is 2. The number of alkyl halides is 5. The van der Waals surface area contributed by atoms with Gasteiger partial charge in [0.05, 0.1) is 13.0 Å².